The van der Waals surface area contributed by atoms with E-state index in [2.05, 4.69) is 22.2 Å². The molecule has 0 saturated carbocycles. The number of hydrogen-bond donors (Lipinski definition) is 1. The first kappa shape index (κ1) is 24.1. The Morgan fingerprint density at radius 2 is 2.13 bits per heavy atom. The number of likely N-dealkylation sites (N-methyl/N-ethyl adjacent to an activating group) is 1. The highest BCUT2D eigenvalue weighted by atomic mass is 16.5. The van der Waals surface area contributed by atoms with Crippen LogP contribution in [0.3, 0.4) is 0 Å². The first-order valence-electron chi connectivity index (χ1n) is 12.1. The van der Waals surface area contributed by atoms with Gasteiger partial charge in [0.1, 0.15) is 5.76 Å². The second kappa shape index (κ2) is 13.8. The molecule has 0 aliphatic carbocycles. The van der Waals surface area contributed by atoms with Gasteiger partial charge in [0.05, 0.1) is 19.5 Å². The lowest BCUT2D eigenvalue weighted by Crippen LogP contribution is -2.46. The Hall–Kier alpha value is -1.57. The first-order chi connectivity index (χ1) is 15.2. The molecule has 0 aromatic carbocycles. The number of methoxy groups -OCH3 is 1. The molecule has 31 heavy (non-hydrogen) atoms. The minimum absolute atomic E-state index is 0.564. The van der Waals surface area contributed by atoms with Gasteiger partial charge in [0.25, 0.3) is 0 Å². The van der Waals surface area contributed by atoms with E-state index in [1.807, 2.05) is 12.1 Å². The lowest BCUT2D eigenvalue weighted by Gasteiger charge is -2.34. The van der Waals surface area contributed by atoms with Gasteiger partial charge in [-0.05, 0) is 63.7 Å². The summed E-state index contributed by atoms with van der Waals surface area (Å²) in [6.07, 6.45) is 8.86. The van der Waals surface area contributed by atoms with Gasteiger partial charge >= 0.3 is 0 Å². The van der Waals surface area contributed by atoms with E-state index in [1.54, 1.807) is 13.4 Å². The minimum Gasteiger partial charge on any atom is -0.469 e. The van der Waals surface area contributed by atoms with Crippen LogP contribution < -0.4 is 5.32 Å². The maximum atomic E-state index is 5.53. The molecule has 7 heteroatoms. The maximum Gasteiger partial charge on any atom is 0.193 e. The van der Waals surface area contributed by atoms with Crippen LogP contribution in [0.2, 0.25) is 0 Å². The summed E-state index contributed by atoms with van der Waals surface area (Å²) >= 11 is 0. The fraction of sp³-hybridized carbons (Fsp3) is 0.792. The lowest BCUT2D eigenvalue weighted by atomic mass is 9.92. The molecule has 0 radical (unpaired) electrons. The summed E-state index contributed by atoms with van der Waals surface area (Å²) in [5.74, 6) is 3.48. The zero-order valence-corrected chi connectivity index (χ0v) is 19.6. The molecule has 2 aliphatic heterocycles. The standard InChI is InChI=1S/C24H42N4O3/c1-27(15-18-29-2)12-3-5-21-8-13-28(14-9-21)24(26-19-22-10-17-30-20-22)25-11-7-23-6-4-16-31-23/h4,6,16,21-22H,3,5,7-15,17-20H2,1-2H3,(H,25,26). The molecule has 7 nitrogen and oxygen atoms in total. The molecule has 0 spiro atoms. The van der Waals surface area contributed by atoms with Crippen LogP contribution in [0.15, 0.2) is 27.8 Å². The molecular weight excluding hydrogens is 392 g/mol. The molecule has 1 aromatic rings. The monoisotopic (exact) mass is 434 g/mol. The Balaban J connectivity index is 1.41. The summed E-state index contributed by atoms with van der Waals surface area (Å²) in [6, 6.07) is 3.98. The average Bonchev–Trinajstić information content (AvgIpc) is 3.49. The molecule has 1 unspecified atom stereocenters. The molecule has 3 rings (SSSR count). The van der Waals surface area contributed by atoms with Crippen molar-refractivity contribution in [2.24, 2.45) is 16.8 Å². The Morgan fingerprint density at radius 3 is 2.84 bits per heavy atom. The quantitative estimate of drug-likeness (QED) is 0.403. The van der Waals surface area contributed by atoms with Crippen LogP contribution in [0.1, 0.15) is 37.9 Å². The van der Waals surface area contributed by atoms with Crippen molar-refractivity contribution in [2.45, 2.75) is 38.5 Å². The first-order valence-corrected chi connectivity index (χ1v) is 12.1. The fourth-order valence-electron chi connectivity index (χ4n) is 4.41. The number of hydrogen-bond acceptors (Lipinski definition) is 5. The van der Waals surface area contributed by atoms with Gasteiger partial charge in [-0.1, -0.05) is 0 Å². The van der Waals surface area contributed by atoms with Crippen molar-refractivity contribution in [1.29, 1.82) is 0 Å². The molecule has 3 heterocycles. The van der Waals surface area contributed by atoms with Crippen LogP contribution in [-0.4, -0.2) is 89.0 Å². The third-order valence-electron chi connectivity index (χ3n) is 6.50. The van der Waals surface area contributed by atoms with Gasteiger partial charge in [-0.15, -0.1) is 0 Å². The fourth-order valence-corrected chi connectivity index (χ4v) is 4.41. The average molecular weight is 435 g/mol. The number of guanidine groups is 1. The molecular formula is C24H42N4O3. The number of rotatable bonds is 12. The van der Waals surface area contributed by atoms with Gasteiger partial charge in [0.2, 0.25) is 0 Å². The molecule has 1 aromatic heterocycles. The highest BCUT2D eigenvalue weighted by molar-refractivity contribution is 5.80. The van der Waals surface area contributed by atoms with Crippen molar-refractivity contribution in [1.82, 2.24) is 15.1 Å². The second-order valence-corrected chi connectivity index (χ2v) is 9.02. The lowest BCUT2D eigenvalue weighted by molar-refractivity contribution is 0.158. The Morgan fingerprint density at radius 1 is 1.26 bits per heavy atom. The molecule has 0 bridgehead atoms. The van der Waals surface area contributed by atoms with Gasteiger partial charge in [-0.2, -0.15) is 0 Å². The SMILES string of the molecule is COCCN(C)CCCC1CCN(C(=NCC2CCOC2)NCCc2ccco2)CC1. The third-order valence-corrected chi connectivity index (χ3v) is 6.50. The summed E-state index contributed by atoms with van der Waals surface area (Å²) in [6.45, 7) is 8.63. The summed E-state index contributed by atoms with van der Waals surface area (Å²) in [4.78, 5) is 9.82. The largest absolute Gasteiger partial charge is 0.469 e. The highest BCUT2D eigenvalue weighted by Crippen LogP contribution is 2.22. The normalized spacial score (nSPS) is 20.7. The van der Waals surface area contributed by atoms with Gasteiger partial charge < -0.3 is 29.0 Å². The van der Waals surface area contributed by atoms with E-state index in [9.17, 15) is 0 Å². The summed E-state index contributed by atoms with van der Waals surface area (Å²) in [7, 11) is 3.96. The Labute approximate surface area is 188 Å². The number of nitrogens with one attached hydrogen (secondary N) is 1. The number of likely N-dealkylation sites (tertiary alicyclic amines) is 1. The number of piperidine rings is 1. The zero-order valence-electron chi connectivity index (χ0n) is 19.6. The summed E-state index contributed by atoms with van der Waals surface area (Å²) < 4.78 is 16.2. The van der Waals surface area contributed by atoms with E-state index < -0.39 is 0 Å². The summed E-state index contributed by atoms with van der Waals surface area (Å²) in [5.41, 5.74) is 0. The minimum atomic E-state index is 0.564. The van der Waals surface area contributed by atoms with Crippen LogP contribution in [-0.2, 0) is 15.9 Å². The van der Waals surface area contributed by atoms with Crippen molar-refractivity contribution in [3.63, 3.8) is 0 Å². The van der Waals surface area contributed by atoms with Gasteiger partial charge in [0.15, 0.2) is 5.96 Å². The Kier molecular flexibility index (Phi) is 10.7. The number of aliphatic imine (C=N–C) groups is 1. The zero-order chi connectivity index (χ0) is 21.7. The Bertz CT molecular complexity index is 608. The highest BCUT2D eigenvalue weighted by Gasteiger charge is 2.22. The molecule has 2 fully saturated rings. The van der Waals surface area contributed by atoms with Crippen molar-refractivity contribution in [3.8, 4) is 0 Å². The van der Waals surface area contributed by atoms with Crippen LogP contribution in [0.25, 0.3) is 0 Å². The van der Waals surface area contributed by atoms with Crippen LogP contribution in [0, 0.1) is 11.8 Å². The van der Waals surface area contributed by atoms with E-state index in [0.29, 0.717) is 5.92 Å². The van der Waals surface area contributed by atoms with Crippen molar-refractivity contribution < 1.29 is 13.9 Å². The molecule has 2 aliphatic rings. The van der Waals surface area contributed by atoms with E-state index in [-0.39, 0.29) is 0 Å². The molecule has 2 saturated heterocycles. The summed E-state index contributed by atoms with van der Waals surface area (Å²) in [5, 5.41) is 3.60. The van der Waals surface area contributed by atoms with Crippen LogP contribution >= 0.6 is 0 Å². The van der Waals surface area contributed by atoms with E-state index >= 15 is 0 Å². The van der Waals surface area contributed by atoms with Crippen molar-refractivity contribution >= 4 is 5.96 Å². The number of nitrogens with zero attached hydrogens (tertiary/aromatic N) is 3. The predicted octanol–water partition coefficient (Wildman–Crippen LogP) is 2.87. The van der Waals surface area contributed by atoms with Gasteiger partial charge in [-0.25, -0.2) is 0 Å². The smallest absolute Gasteiger partial charge is 0.193 e. The van der Waals surface area contributed by atoms with Crippen LogP contribution in [0.4, 0.5) is 0 Å². The van der Waals surface area contributed by atoms with Gasteiger partial charge in [-0.3, -0.25) is 4.99 Å². The topological polar surface area (TPSA) is 62.5 Å². The van der Waals surface area contributed by atoms with Crippen molar-refractivity contribution in [3.05, 3.63) is 24.2 Å². The van der Waals surface area contributed by atoms with Crippen molar-refractivity contribution in [2.75, 3.05) is 73.2 Å². The van der Waals surface area contributed by atoms with E-state index in [4.69, 9.17) is 18.9 Å². The predicted molar refractivity (Wildman–Crippen MR) is 125 cm³/mol. The number of furan rings is 1. The maximum absolute atomic E-state index is 5.53. The molecule has 1 atom stereocenters. The second-order valence-electron chi connectivity index (χ2n) is 9.02. The van der Waals surface area contributed by atoms with E-state index in [0.717, 1.165) is 89.6 Å². The van der Waals surface area contributed by atoms with E-state index in [1.165, 1.54) is 25.7 Å². The molecule has 0 amide bonds. The molecule has 1 N–H and O–H groups in total. The van der Waals surface area contributed by atoms with Crippen LogP contribution in [0.5, 0.6) is 0 Å². The van der Waals surface area contributed by atoms with Gasteiger partial charge in [0, 0.05) is 58.8 Å². The number of ether oxygens (including phenoxy) is 2. The molecule has 176 valence electrons. The third kappa shape index (κ3) is 8.83.